The molecule has 0 fully saturated rings. The highest BCUT2D eigenvalue weighted by molar-refractivity contribution is 5.65. The average Bonchev–Trinajstić information content (AvgIpc) is 2.15. The van der Waals surface area contributed by atoms with Crippen LogP contribution in [0.2, 0.25) is 0 Å². The minimum atomic E-state index is -1.20. The van der Waals surface area contributed by atoms with Crippen LogP contribution >= 0.6 is 0 Å². The van der Waals surface area contributed by atoms with Crippen LogP contribution in [0.5, 0.6) is 0 Å². The van der Waals surface area contributed by atoms with E-state index in [-0.39, 0.29) is 6.61 Å². The molecule has 13 heavy (non-hydrogen) atoms. The fourth-order valence-corrected chi connectivity index (χ4v) is 0.853. The van der Waals surface area contributed by atoms with Crippen LogP contribution in [-0.2, 0) is 0 Å². The maximum absolute atomic E-state index is 10.3. The van der Waals surface area contributed by atoms with Gasteiger partial charge in [-0.1, -0.05) is 0 Å². The first-order chi connectivity index (χ1) is 6.24. The molecule has 1 atom stereocenters. The summed E-state index contributed by atoms with van der Waals surface area (Å²) >= 11 is 0. The van der Waals surface area contributed by atoms with Gasteiger partial charge < -0.3 is 15.5 Å². The second kappa shape index (κ2) is 4.36. The van der Waals surface area contributed by atoms with Crippen molar-refractivity contribution in [3.05, 3.63) is 24.3 Å². The van der Waals surface area contributed by atoms with Gasteiger partial charge >= 0.3 is 6.09 Å². The summed E-state index contributed by atoms with van der Waals surface area (Å²) in [5.41, 5.74) is 0.396. The smallest absolute Gasteiger partial charge is 0.405 e. The molecule has 1 aromatic rings. The van der Waals surface area contributed by atoms with Gasteiger partial charge in [-0.05, 0) is 0 Å². The second-order valence-electron chi connectivity index (χ2n) is 2.31. The lowest BCUT2D eigenvalue weighted by Gasteiger charge is -2.11. The van der Waals surface area contributed by atoms with Crippen molar-refractivity contribution in [2.75, 3.05) is 6.61 Å². The number of aliphatic hydroxyl groups excluding tert-OH is 1. The number of nitrogens with one attached hydrogen (secondary N) is 1. The van der Waals surface area contributed by atoms with E-state index in [0.29, 0.717) is 5.69 Å². The molecule has 0 aliphatic heterocycles. The van der Waals surface area contributed by atoms with Crippen molar-refractivity contribution in [2.45, 2.75) is 6.04 Å². The Morgan fingerprint density at radius 3 is 2.85 bits per heavy atom. The van der Waals surface area contributed by atoms with Crippen LogP contribution < -0.4 is 5.32 Å². The van der Waals surface area contributed by atoms with Gasteiger partial charge in [-0.2, -0.15) is 0 Å². The van der Waals surface area contributed by atoms with E-state index in [4.69, 9.17) is 10.2 Å². The van der Waals surface area contributed by atoms with Crippen LogP contribution in [0.25, 0.3) is 0 Å². The fourth-order valence-electron chi connectivity index (χ4n) is 0.853. The molecule has 0 saturated heterocycles. The highest BCUT2D eigenvalue weighted by Crippen LogP contribution is 2.05. The highest BCUT2D eigenvalue weighted by Gasteiger charge is 2.13. The van der Waals surface area contributed by atoms with Gasteiger partial charge in [0.1, 0.15) is 0 Å². The van der Waals surface area contributed by atoms with Crippen LogP contribution in [0.4, 0.5) is 4.79 Å². The quantitative estimate of drug-likeness (QED) is 0.602. The van der Waals surface area contributed by atoms with Crippen molar-refractivity contribution in [3.63, 3.8) is 0 Å². The SMILES string of the molecule is O=C(O)NC(CO)c1cnccn1. The summed E-state index contributed by atoms with van der Waals surface area (Å²) in [4.78, 5) is 17.9. The zero-order valence-corrected chi connectivity index (χ0v) is 6.71. The monoisotopic (exact) mass is 183 g/mol. The van der Waals surface area contributed by atoms with Gasteiger partial charge in [-0.25, -0.2) is 4.79 Å². The first kappa shape index (κ1) is 9.40. The van der Waals surface area contributed by atoms with Gasteiger partial charge in [0.2, 0.25) is 0 Å². The number of carboxylic acid groups (broad SMARTS) is 1. The van der Waals surface area contributed by atoms with E-state index in [1.807, 2.05) is 0 Å². The number of hydrogen-bond acceptors (Lipinski definition) is 4. The molecular weight excluding hydrogens is 174 g/mol. The van der Waals surface area contributed by atoms with E-state index >= 15 is 0 Å². The third-order valence-electron chi connectivity index (χ3n) is 1.42. The third-order valence-corrected chi connectivity index (χ3v) is 1.42. The van der Waals surface area contributed by atoms with Crippen molar-refractivity contribution < 1.29 is 15.0 Å². The molecule has 1 aromatic heterocycles. The van der Waals surface area contributed by atoms with E-state index in [9.17, 15) is 4.79 Å². The maximum atomic E-state index is 10.3. The topological polar surface area (TPSA) is 95.3 Å². The van der Waals surface area contributed by atoms with Crippen LogP contribution in [0.1, 0.15) is 11.7 Å². The molecule has 0 radical (unpaired) electrons. The molecule has 1 heterocycles. The largest absolute Gasteiger partial charge is 0.465 e. The first-order valence-electron chi connectivity index (χ1n) is 3.60. The Morgan fingerprint density at radius 1 is 1.62 bits per heavy atom. The van der Waals surface area contributed by atoms with Gasteiger partial charge in [0.25, 0.3) is 0 Å². The van der Waals surface area contributed by atoms with Gasteiger partial charge in [-0.15, -0.1) is 0 Å². The van der Waals surface area contributed by atoms with Gasteiger partial charge in [0.05, 0.1) is 24.5 Å². The Labute approximate surface area is 74.3 Å². The summed E-state index contributed by atoms with van der Waals surface area (Å²) in [6, 6.07) is -0.716. The van der Waals surface area contributed by atoms with Crippen molar-refractivity contribution in [1.29, 1.82) is 0 Å². The number of nitrogens with zero attached hydrogens (tertiary/aromatic N) is 2. The van der Waals surface area contributed by atoms with Crippen LogP contribution in [0.3, 0.4) is 0 Å². The van der Waals surface area contributed by atoms with Crippen LogP contribution in [0, 0.1) is 0 Å². The Hall–Kier alpha value is -1.69. The Balaban J connectivity index is 2.73. The molecule has 0 saturated carbocycles. The van der Waals surface area contributed by atoms with Gasteiger partial charge in [0.15, 0.2) is 0 Å². The number of hydrogen-bond donors (Lipinski definition) is 3. The molecule has 6 nitrogen and oxygen atoms in total. The predicted octanol–water partition coefficient (Wildman–Crippen LogP) is -0.222. The van der Waals surface area contributed by atoms with E-state index in [1.165, 1.54) is 18.6 Å². The summed E-state index contributed by atoms with van der Waals surface area (Å²) in [5.74, 6) is 0. The highest BCUT2D eigenvalue weighted by atomic mass is 16.4. The Bertz CT molecular complexity index is 278. The molecule has 6 heteroatoms. The van der Waals surface area contributed by atoms with E-state index < -0.39 is 12.1 Å². The van der Waals surface area contributed by atoms with E-state index in [2.05, 4.69) is 15.3 Å². The van der Waals surface area contributed by atoms with Crippen LogP contribution in [-0.4, -0.2) is 32.9 Å². The minimum absolute atomic E-state index is 0.342. The minimum Gasteiger partial charge on any atom is -0.465 e. The molecule has 0 bridgehead atoms. The first-order valence-corrected chi connectivity index (χ1v) is 3.60. The lowest BCUT2D eigenvalue weighted by molar-refractivity contribution is 0.177. The lowest BCUT2D eigenvalue weighted by Crippen LogP contribution is -2.29. The summed E-state index contributed by atoms with van der Waals surface area (Å²) < 4.78 is 0. The zero-order valence-electron chi connectivity index (χ0n) is 6.71. The summed E-state index contributed by atoms with van der Waals surface area (Å²) in [6.07, 6.45) is 3.10. The van der Waals surface area contributed by atoms with E-state index in [0.717, 1.165) is 0 Å². The van der Waals surface area contributed by atoms with Crippen LogP contribution in [0.15, 0.2) is 18.6 Å². The number of carbonyl (C=O) groups is 1. The summed E-state index contributed by atoms with van der Waals surface area (Å²) in [6.45, 7) is -0.342. The van der Waals surface area contributed by atoms with Crippen molar-refractivity contribution in [2.24, 2.45) is 0 Å². The zero-order chi connectivity index (χ0) is 9.68. The lowest BCUT2D eigenvalue weighted by atomic mass is 10.2. The Morgan fingerprint density at radius 2 is 2.38 bits per heavy atom. The van der Waals surface area contributed by atoms with Gasteiger partial charge in [0, 0.05) is 12.4 Å². The van der Waals surface area contributed by atoms with Gasteiger partial charge in [-0.3, -0.25) is 9.97 Å². The van der Waals surface area contributed by atoms with E-state index in [1.54, 1.807) is 0 Å². The number of aliphatic hydroxyl groups is 1. The number of rotatable bonds is 3. The molecule has 0 aliphatic carbocycles. The molecule has 3 N–H and O–H groups in total. The van der Waals surface area contributed by atoms with Crippen molar-refractivity contribution in [1.82, 2.24) is 15.3 Å². The molecule has 0 aromatic carbocycles. The molecule has 0 spiro atoms. The molecule has 1 unspecified atom stereocenters. The normalized spacial score (nSPS) is 12.1. The summed E-state index contributed by atoms with van der Waals surface area (Å²) in [7, 11) is 0. The van der Waals surface area contributed by atoms with Crippen molar-refractivity contribution in [3.8, 4) is 0 Å². The maximum Gasteiger partial charge on any atom is 0.405 e. The predicted molar refractivity (Wildman–Crippen MR) is 43.0 cm³/mol. The average molecular weight is 183 g/mol. The molecular formula is C7H9N3O3. The summed E-state index contributed by atoms with van der Waals surface area (Å²) in [5, 5.41) is 19.4. The second-order valence-corrected chi connectivity index (χ2v) is 2.31. The molecule has 1 rings (SSSR count). The number of aromatic nitrogens is 2. The molecule has 70 valence electrons. The third kappa shape index (κ3) is 2.68. The Kier molecular flexibility index (Phi) is 3.15. The van der Waals surface area contributed by atoms with Crippen molar-refractivity contribution >= 4 is 6.09 Å². The standard InChI is InChI=1S/C7H9N3O3/c11-4-6(10-7(12)13)5-3-8-1-2-9-5/h1-3,6,10-11H,4H2,(H,12,13). The number of amides is 1. The molecule has 0 aliphatic rings. The molecule has 1 amide bonds. The fraction of sp³-hybridized carbons (Fsp3) is 0.286.